The number of nitrogens with zero attached hydrogens (tertiary/aromatic N) is 4. The summed E-state index contributed by atoms with van der Waals surface area (Å²) in [7, 11) is 3.71. The first kappa shape index (κ1) is 28.3. The molecule has 1 saturated heterocycles. The van der Waals surface area contributed by atoms with Crippen LogP contribution in [-0.2, 0) is 28.1 Å². The minimum Gasteiger partial charge on any atom is -0.394 e. The summed E-state index contributed by atoms with van der Waals surface area (Å²) in [5.74, 6) is -0.431. The number of likely N-dealkylation sites (N-methyl/N-ethyl adjacent to an activating group) is 1. The van der Waals surface area contributed by atoms with Gasteiger partial charge >= 0.3 is 0 Å². The van der Waals surface area contributed by atoms with E-state index >= 15 is 0 Å². The lowest BCUT2D eigenvalue weighted by atomic mass is 9.83. The van der Waals surface area contributed by atoms with Crippen molar-refractivity contribution in [2.45, 2.75) is 83.1 Å². The Bertz CT molecular complexity index is 1140. The number of aromatic nitrogens is 2. The van der Waals surface area contributed by atoms with E-state index < -0.39 is 23.7 Å². The van der Waals surface area contributed by atoms with Gasteiger partial charge in [-0.2, -0.15) is 5.10 Å². The lowest BCUT2D eigenvalue weighted by Gasteiger charge is -2.37. The molecule has 2 heterocycles. The Morgan fingerprint density at radius 3 is 2.66 bits per heavy atom. The molecular weight excluding hydrogens is 482 g/mol. The van der Waals surface area contributed by atoms with E-state index in [-0.39, 0.29) is 37.3 Å². The van der Waals surface area contributed by atoms with Gasteiger partial charge < -0.3 is 20.4 Å². The maximum atomic E-state index is 13.8. The predicted octanol–water partition coefficient (Wildman–Crippen LogP) is 2.15. The number of aliphatic hydroxyl groups excluding tert-OH is 2. The third-order valence-electron chi connectivity index (χ3n) is 8.17. The molecule has 0 bridgehead atoms. The number of hydrogen-bond acceptors (Lipinski definition) is 6. The summed E-state index contributed by atoms with van der Waals surface area (Å²) in [5, 5.41) is 28.8. The Labute approximate surface area is 225 Å². The summed E-state index contributed by atoms with van der Waals surface area (Å²) in [6, 6.07) is 7.02. The molecule has 4 atom stereocenters. The number of carbonyl (C=O) groups excluding carboxylic acids is 2. The van der Waals surface area contributed by atoms with E-state index in [2.05, 4.69) is 23.4 Å². The van der Waals surface area contributed by atoms with Gasteiger partial charge in [0.2, 0.25) is 11.8 Å². The van der Waals surface area contributed by atoms with Crippen molar-refractivity contribution in [1.82, 2.24) is 24.9 Å². The third kappa shape index (κ3) is 5.37. The molecule has 9 nitrogen and oxygen atoms in total. The molecule has 0 unspecified atom stereocenters. The zero-order valence-electron chi connectivity index (χ0n) is 23.4. The third-order valence-corrected chi connectivity index (χ3v) is 8.17. The Kier molecular flexibility index (Phi) is 8.59. The summed E-state index contributed by atoms with van der Waals surface area (Å²) < 4.78 is 1.95. The summed E-state index contributed by atoms with van der Waals surface area (Å²) in [6.07, 6.45) is 4.48. The number of aliphatic hydroxyl groups is 2. The Balaban J connectivity index is 1.64. The fourth-order valence-corrected chi connectivity index (χ4v) is 6.36. The highest BCUT2D eigenvalue weighted by atomic mass is 16.3. The van der Waals surface area contributed by atoms with Crippen molar-refractivity contribution >= 4 is 11.8 Å². The molecule has 0 saturated carbocycles. The van der Waals surface area contributed by atoms with Gasteiger partial charge in [0.05, 0.1) is 30.0 Å². The summed E-state index contributed by atoms with van der Waals surface area (Å²) in [6.45, 7) is 6.68. The number of aryl methyl sites for hydroxylation is 2. The zero-order valence-corrected chi connectivity index (χ0v) is 23.4. The van der Waals surface area contributed by atoms with E-state index in [0.717, 1.165) is 48.2 Å². The molecule has 2 aromatic rings. The Morgan fingerprint density at radius 1 is 1.24 bits per heavy atom. The molecule has 2 aliphatic rings. The summed E-state index contributed by atoms with van der Waals surface area (Å²) in [5.41, 5.74) is 3.16. The van der Waals surface area contributed by atoms with Crippen molar-refractivity contribution in [3.63, 3.8) is 0 Å². The van der Waals surface area contributed by atoms with Crippen LogP contribution in [0.2, 0.25) is 0 Å². The van der Waals surface area contributed by atoms with Crippen LogP contribution in [0.5, 0.6) is 0 Å². The van der Waals surface area contributed by atoms with Crippen molar-refractivity contribution in [3.05, 3.63) is 41.6 Å². The normalized spacial score (nSPS) is 24.4. The van der Waals surface area contributed by atoms with Crippen LogP contribution >= 0.6 is 0 Å². The van der Waals surface area contributed by atoms with Gasteiger partial charge in [0.25, 0.3) is 0 Å². The van der Waals surface area contributed by atoms with Crippen LogP contribution < -0.4 is 5.32 Å². The highest BCUT2D eigenvalue weighted by molar-refractivity contribution is 5.91. The first-order chi connectivity index (χ1) is 18.1. The van der Waals surface area contributed by atoms with Crippen molar-refractivity contribution in [3.8, 4) is 11.3 Å². The highest BCUT2D eigenvalue weighted by Gasteiger charge is 2.45. The average Bonchev–Trinajstić information content (AvgIpc) is 3.47. The fourth-order valence-electron chi connectivity index (χ4n) is 6.36. The largest absolute Gasteiger partial charge is 0.394 e. The molecule has 1 aliphatic heterocycles. The van der Waals surface area contributed by atoms with Crippen LogP contribution in [0.15, 0.2) is 30.5 Å². The molecule has 4 rings (SSSR count). The second-order valence-electron chi connectivity index (χ2n) is 11.4. The number of hydrogen-bond donors (Lipinski definition) is 3. The second kappa shape index (κ2) is 11.6. The van der Waals surface area contributed by atoms with Crippen molar-refractivity contribution in [1.29, 1.82) is 0 Å². The molecule has 208 valence electrons. The Morgan fingerprint density at radius 2 is 2.00 bits per heavy atom. The molecule has 0 radical (unpaired) electrons. The van der Waals surface area contributed by atoms with Crippen LogP contribution in [-0.4, -0.2) is 87.0 Å². The van der Waals surface area contributed by atoms with Crippen LogP contribution in [0.3, 0.4) is 0 Å². The molecule has 0 spiro atoms. The number of rotatable bonds is 8. The van der Waals surface area contributed by atoms with E-state index in [1.807, 2.05) is 55.7 Å². The maximum absolute atomic E-state index is 13.8. The molecule has 2 amide bonds. The van der Waals surface area contributed by atoms with Gasteiger partial charge in [0.15, 0.2) is 0 Å². The Hall–Kier alpha value is -2.75. The fraction of sp³-hybridized carbons (Fsp3) is 0.621. The lowest BCUT2D eigenvalue weighted by molar-refractivity contribution is -0.144. The first-order valence-electron chi connectivity index (χ1n) is 13.8. The van der Waals surface area contributed by atoms with Gasteiger partial charge in [-0.3, -0.25) is 19.2 Å². The van der Waals surface area contributed by atoms with Gasteiger partial charge in [-0.15, -0.1) is 0 Å². The minimum absolute atomic E-state index is 0.0506. The first-order valence-corrected chi connectivity index (χ1v) is 13.8. The molecule has 3 N–H and O–H groups in total. The summed E-state index contributed by atoms with van der Waals surface area (Å²) >= 11 is 0. The molecule has 1 aromatic carbocycles. The van der Waals surface area contributed by atoms with Crippen molar-refractivity contribution in [2.24, 2.45) is 5.92 Å². The number of nitrogens with one attached hydrogen (secondary N) is 1. The lowest BCUT2D eigenvalue weighted by Crippen LogP contribution is -2.57. The molecule has 38 heavy (non-hydrogen) atoms. The summed E-state index contributed by atoms with van der Waals surface area (Å²) in [4.78, 5) is 30.7. The number of benzene rings is 1. The smallest absolute Gasteiger partial charge is 0.243 e. The van der Waals surface area contributed by atoms with Gasteiger partial charge in [-0.1, -0.05) is 32.4 Å². The standard InChI is InChI=1S/C29H43N5O4/c1-6-34-24(12-14-30-34)21-10-11-23-20(15-21)9-7-8-13-29(23,18-35)31-27(37)25-16-22(36)17-33(25)28(38)26(19(2)3)32(4)5/h10-12,14-15,19,22,25-26,35-36H,6-9,13,16-18H2,1-5H3,(H,31,37)/t22-,25+,26+,29-/m1/s1. The van der Waals surface area contributed by atoms with Crippen LogP contribution in [0, 0.1) is 5.92 Å². The van der Waals surface area contributed by atoms with Gasteiger partial charge in [0, 0.05) is 31.3 Å². The molecule has 1 aliphatic carbocycles. The number of amides is 2. The number of β-amino-alcohol motifs (C(OH)–C–C–N with tert-alkyl or cyclic N) is 1. The predicted molar refractivity (Wildman–Crippen MR) is 146 cm³/mol. The topological polar surface area (TPSA) is 111 Å². The molecule has 9 heteroatoms. The number of carbonyl (C=O) groups is 2. The van der Waals surface area contributed by atoms with Crippen LogP contribution in [0.25, 0.3) is 11.3 Å². The molecule has 1 fully saturated rings. The quantitative estimate of drug-likeness (QED) is 0.456. The van der Waals surface area contributed by atoms with Crippen molar-refractivity contribution in [2.75, 3.05) is 27.2 Å². The maximum Gasteiger partial charge on any atom is 0.243 e. The van der Waals surface area contributed by atoms with E-state index in [1.165, 1.54) is 4.90 Å². The van der Waals surface area contributed by atoms with Gasteiger partial charge in [-0.25, -0.2) is 0 Å². The average molecular weight is 526 g/mol. The number of likely N-dealkylation sites (tertiary alicyclic amines) is 1. The van der Waals surface area contributed by atoms with Crippen LogP contribution in [0.1, 0.15) is 57.6 Å². The van der Waals surface area contributed by atoms with E-state index in [1.54, 1.807) is 6.20 Å². The highest BCUT2D eigenvalue weighted by Crippen LogP contribution is 2.37. The van der Waals surface area contributed by atoms with Gasteiger partial charge in [-0.05, 0) is 69.5 Å². The second-order valence-corrected chi connectivity index (χ2v) is 11.4. The van der Waals surface area contributed by atoms with E-state index in [0.29, 0.717) is 6.42 Å². The molecule has 1 aromatic heterocycles. The van der Waals surface area contributed by atoms with E-state index in [4.69, 9.17) is 0 Å². The SMILES string of the molecule is CCn1nccc1-c1ccc2c(c1)CCCC[C@]2(CO)NC(=O)[C@@H]1C[C@@H](O)CN1C(=O)[C@H](C(C)C)N(C)C. The number of fused-ring (bicyclic) bond motifs is 1. The zero-order chi connectivity index (χ0) is 27.6. The van der Waals surface area contributed by atoms with Crippen molar-refractivity contribution < 1.29 is 19.8 Å². The van der Waals surface area contributed by atoms with E-state index in [9.17, 15) is 19.8 Å². The molecular formula is C29H43N5O4. The van der Waals surface area contributed by atoms with Gasteiger partial charge in [0.1, 0.15) is 6.04 Å². The minimum atomic E-state index is -0.951. The monoisotopic (exact) mass is 525 g/mol. The van der Waals surface area contributed by atoms with Crippen LogP contribution in [0.4, 0.5) is 0 Å².